The predicted octanol–water partition coefficient (Wildman–Crippen LogP) is 1.81. The minimum Gasteiger partial charge on any atom is -0.375 e. The summed E-state index contributed by atoms with van der Waals surface area (Å²) in [4.78, 5) is 9.88. The average Bonchev–Trinajstić information content (AvgIpc) is 3.15. The van der Waals surface area contributed by atoms with Gasteiger partial charge in [-0.15, -0.1) is 0 Å². The minimum atomic E-state index is 0.180. The van der Waals surface area contributed by atoms with Crippen molar-refractivity contribution in [1.82, 2.24) is 15.1 Å². The maximum atomic E-state index is 5.99. The molecule has 0 radical (unpaired) electrons. The van der Waals surface area contributed by atoms with Crippen LogP contribution in [-0.4, -0.2) is 87.0 Å². The van der Waals surface area contributed by atoms with E-state index in [0.717, 1.165) is 76.6 Å². The number of guanidine groups is 1. The number of hydrogen-bond donors (Lipinski definition) is 1. The normalized spacial score (nSPS) is 34.3. The first kappa shape index (κ1) is 19.9. The van der Waals surface area contributed by atoms with E-state index >= 15 is 0 Å². The van der Waals surface area contributed by atoms with Gasteiger partial charge in [-0.2, -0.15) is 0 Å². The molecule has 3 saturated heterocycles. The molecule has 3 heterocycles. The second kappa shape index (κ2) is 9.90. The van der Waals surface area contributed by atoms with E-state index in [1.807, 2.05) is 0 Å². The van der Waals surface area contributed by atoms with E-state index < -0.39 is 0 Å². The second-order valence-electron chi connectivity index (χ2n) is 8.35. The number of ether oxygens (including phenoxy) is 2. The highest BCUT2D eigenvalue weighted by Gasteiger charge is 2.32. The molecule has 150 valence electrons. The zero-order valence-electron chi connectivity index (χ0n) is 17.0. The first-order valence-electron chi connectivity index (χ1n) is 10.6. The monoisotopic (exact) mass is 366 g/mol. The van der Waals surface area contributed by atoms with Crippen LogP contribution in [0.2, 0.25) is 0 Å². The number of hydrogen-bond acceptors (Lipinski definition) is 4. The molecule has 3 fully saturated rings. The number of rotatable bonds is 5. The Bertz CT molecular complexity index is 443. The van der Waals surface area contributed by atoms with Gasteiger partial charge in [-0.05, 0) is 38.0 Å². The maximum absolute atomic E-state index is 5.99. The van der Waals surface area contributed by atoms with Crippen LogP contribution < -0.4 is 5.32 Å². The van der Waals surface area contributed by atoms with Gasteiger partial charge in [-0.1, -0.05) is 13.8 Å². The lowest BCUT2D eigenvalue weighted by Gasteiger charge is -2.37. The van der Waals surface area contributed by atoms with Crippen LogP contribution >= 0.6 is 0 Å². The molecular formula is C20H38N4O2. The fourth-order valence-electron chi connectivity index (χ4n) is 4.69. The third-order valence-corrected chi connectivity index (χ3v) is 5.73. The van der Waals surface area contributed by atoms with Gasteiger partial charge in [0.05, 0.1) is 19.3 Å². The summed E-state index contributed by atoms with van der Waals surface area (Å²) in [7, 11) is 0. The van der Waals surface area contributed by atoms with Crippen LogP contribution in [0.15, 0.2) is 4.99 Å². The molecule has 0 aromatic carbocycles. The van der Waals surface area contributed by atoms with Gasteiger partial charge in [-0.3, -0.25) is 4.99 Å². The smallest absolute Gasteiger partial charge is 0.194 e. The highest BCUT2D eigenvalue weighted by atomic mass is 16.5. The van der Waals surface area contributed by atoms with Crippen molar-refractivity contribution in [1.29, 1.82) is 0 Å². The molecule has 0 amide bonds. The summed E-state index contributed by atoms with van der Waals surface area (Å²) in [5.41, 5.74) is 0. The number of morpholine rings is 1. The predicted molar refractivity (Wildman–Crippen MR) is 106 cm³/mol. The van der Waals surface area contributed by atoms with Crippen LogP contribution in [0.5, 0.6) is 0 Å². The van der Waals surface area contributed by atoms with E-state index in [9.17, 15) is 0 Å². The Balaban J connectivity index is 1.52. The topological polar surface area (TPSA) is 49.3 Å². The highest BCUT2D eigenvalue weighted by Crippen LogP contribution is 2.22. The third kappa shape index (κ3) is 5.57. The van der Waals surface area contributed by atoms with Crippen molar-refractivity contribution in [3.8, 4) is 0 Å². The first-order valence-corrected chi connectivity index (χ1v) is 10.6. The Morgan fingerprint density at radius 3 is 2.54 bits per heavy atom. The molecule has 0 saturated carbocycles. The molecule has 4 unspecified atom stereocenters. The molecule has 26 heavy (non-hydrogen) atoms. The average molecular weight is 367 g/mol. The molecule has 1 N–H and O–H groups in total. The maximum Gasteiger partial charge on any atom is 0.194 e. The second-order valence-corrected chi connectivity index (χ2v) is 8.35. The summed E-state index contributed by atoms with van der Waals surface area (Å²) in [5, 5.41) is 3.48. The van der Waals surface area contributed by atoms with Gasteiger partial charge in [-0.25, -0.2) is 0 Å². The minimum absolute atomic E-state index is 0.180. The zero-order valence-corrected chi connectivity index (χ0v) is 17.0. The largest absolute Gasteiger partial charge is 0.375 e. The lowest BCUT2D eigenvalue weighted by Crippen LogP contribution is -2.53. The van der Waals surface area contributed by atoms with E-state index in [4.69, 9.17) is 14.5 Å². The molecular weight excluding hydrogens is 328 g/mol. The van der Waals surface area contributed by atoms with E-state index in [-0.39, 0.29) is 12.2 Å². The van der Waals surface area contributed by atoms with Crippen molar-refractivity contribution in [3.05, 3.63) is 0 Å². The number of aliphatic imine (C=N–C) groups is 1. The van der Waals surface area contributed by atoms with Crippen molar-refractivity contribution in [2.75, 3.05) is 59.0 Å². The van der Waals surface area contributed by atoms with Crippen molar-refractivity contribution in [3.63, 3.8) is 0 Å². The lowest BCUT2D eigenvalue weighted by molar-refractivity contribution is -0.0817. The molecule has 3 aliphatic rings. The van der Waals surface area contributed by atoms with Crippen LogP contribution in [-0.2, 0) is 9.47 Å². The van der Waals surface area contributed by atoms with Crippen molar-refractivity contribution >= 4 is 5.96 Å². The highest BCUT2D eigenvalue weighted by molar-refractivity contribution is 5.80. The SMILES string of the molecule is CCNC(=NCCN1CC(C)CC(C)C1)N1CCOC(C2CCCO2)C1. The van der Waals surface area contributed by atoms with Crippen LogP contribution in [0.1, 0.15) is 40.0 Å². The summed E-state index contributed by atoms with van der Waals surface area (Å²) < 4.78 is 11.8. The fourth-order valence-corrected chi connectivity index (χ4v) is 4.69. The molecule has 6 heteroatoms. The van der Waals surface area contributed by atoms with Crippen LogP contribution in [0.25, 0.3) is 0 Å². The van der Waals surface area contributed by atoms with E-state index in [2.05, 4.69) is 35.9 Å². The molecule has 4 atom stereocenters. The molecule has 3 aliphatic heterocycles. The van der Waals surface area contributed by atoms with Gasteiger partial charge in [0.15, 0.2) is 5.96 Å². The van der Waals surface area contributed by atoms with Gasteiger partial charge in [0.25, 0.3) is 0 Å². The van der Waals surface area contributed by atoms with Crippen molar-refractivity contribution in [2.45, 2.75) is 52.2 Å². The summed E-state index contributed by atoms with van der Waals surface area (Å²) in [6, 6.07) is 0. The van der Waals surface area contributed by atoms with Crippen molar-refractivity contribution in [2.24, 2.45) is 16.8 Å². The Labute approximate surface area is 159 Å². The molecule has 0 spiro atoms. The Morgan fingerprint density at radius 2 is 1.85 bits per heavy atom. The Kier molecular flexibility index (Phi) is 7.58. The molecule has 0 aromatic rings. The fraction of sp³-hybridized carbons (Fsp3) is 0.950. The third-order valence-electron chi connectivity index (χ3n) is 5.73. The number of piperidine rings is 1. The quantitative estimate of drug-likeness (QED) is 0.594. The summed E-state index contributed by atoms with van der Waals surface area (Å²) in [6.45, 7) is 15.6. The van der Waals surface area contributed by atoms with Gasteiger partial charge in [0.1, 0.15) is 6.10 Å². The van der Waals surface area contributed by atoms with Crippen LogP contribution in [0.3, 0.4) is 0 Å². The standard InChI is InChI=1S/C20H38N4O2/c1-4-21-20(22-7-8-23-13-16(2)12-17(3)14-23)24-9-11-26-19(15-24)18-6-5-10-25-18/h16-19H,4-15H2,1-3H3,(H,21,22). The number of nitrogens with one attached hydrogen (secondary N) is 1. The Hall–Kier alpha value is -0.850. The summed E-state index contributed by atoms with van der Waals surface area (Å²) in [6.07, 6.45) is 4.08. The van der Waals surface area contributed by atoms with E-state index in [0.29, 0.717) is 0 Å². The van der Waals surface area contributed by atoms with Crippen molar-refractivity contribution < 1.29 is 9.47 Å². The van der Waals surface area contributed by atoms with Gasteiger partial charge < -0.3 is 24.6 Å². The molecule has 0 aromatic heterocycles. The van der Waals surface area contributed by atoms with Gasteiger partial charge in [0.2, 0.25) is 0 Å². The Morgan fingerprint density at radius 1 is 1.08 bits per heavy atom. The van der Waals surface area contributed by atoms with Crippen LogP contribution in [0, 0.1) is 11.8 Å². The lowest BCUT2D eigenvalue weighted by atomic mass is 9.92. The van der Waals surface area contributed by atoms with E-state index in [1.165, 1.54) is 19.5 Å². The first-order chi connectivity index (χ1) is 12.7. The molecule has 0 aliphatic carbocycles. The van der Waals surface area contributed by atoms with Crippen LogP contribution in [0.4, 0.5) is 0 Å². The number of nitrogens with zero attached hydrogens (tertiary/aromatic N) is 3. The van der Waals surface area contributed by atoms with Gasteiger partial charge >= 0.3 is 0 Å². The number of likely N-dealkylation sites (tertiary alicyclic amines) is 1. The summed E-state index contributed by atoms with van der Waals surface area (Å²) in [5.74, 6) is 2.65. The molecule has 3 rings (SSSR count). The molecule has 0 bridgehead atoms. The molecule has 6 nitrogen and oxygen atoms in total. The summed E-state index contributed by atoms with van der Waals surface area (Å²) >= 11 is 0. The van der Waals surface area contributed by atoms with Gasteiger partial charge in [0, 0.05) is 45.9 Å². The zero-order chi connectivity index (χ0) is 18.4. The van der Waals surface area contributed by atoms with E-state index in [1.54, 1.807) is 0 Å².